The molecule has 0 unspecified atom stereocenters. The van der Waals surface area contributed by atoms with Crippen molar-refractivity contribution in [3.63, 3.8) is 0 Å². The van der Waals surface area contributed by atoms with Crippen LogP contribution in [0, 0.1) is 6.92 Å². The minimum Gasteiger partial charge on any atom is -0.378 e. The maximum atomic E-state index is 13.1. The molecule has 4 aromatic rings. The third-order valence-corrected chi connectivity index (χ3v) is 5.71. The number of hydrogen-bond acceptors (Lipinski definition) is 7. The quantitative estimate of drug-likeness (QED) is 0.415. The lowest BCUT2D eigenvalue weighted by atomic mass is 10.1. The van der Waals surface area contributed by atoms with Gasteiger partial charge >= 0.3 is 0 Å². The van der Waals surface area contributed by atoms with Gasteiger partial charge in [0.05, 0.1) is 42.2 Å². The summed E-state index contributed by atoms with van der Waals surface area (Å²) in [4.78, 5) is 28.7. The summed E-state index contributed by atoms with van der Waals surface area (Å²) < 4.78 is 7.08. The molecule has 4 aromatic heterocycles. The molecule has 0 bridgehead atoms. The average molecular weight is 528 g/mol. The van der Waals surface area contributed by atoms with E-state index in [1.807, 2.05) is 50.5 Å². The second-order valence-corrected chi connectivity index (χ2v) is 8.12. The molecule has 5 rings (SSSR count). The van der Waals surface area contributed by atoms with E-state index in [9.17, 15) is 4.79 Å². The first-order valence-corrected chi connectivity index (χ1v) is 11.1. The number of carbonyl (C=O) groups excluding carboxylic acids is 1. The van der Waals surface area contributed by atoms with Gasteiger partial charge in [-0.15, -0.1) is 24.8 Å². The number of carbonyl (C=O) groups is 1. The van der Waals surface area contributed by atoms with E-state index in [1.54, 1.807) is 29.3 Å². The molecule has 0 atom stereocenters. The number of amides is 1. The standard InChI is InChI=1S/C25H25N7O2.2ClH/c1-17-5-7-21(28-23(17)18-4-3-9-26-14-18)25(33)29-22-16-31(2)30-24(22)20-8-6-19(15-27-20)32-10-12-34-13-11-32;;/h3-9,14-16H,10-13H2,1-2H3,(H,29,33);2*1H. The normalized spacial score (nSPS) is 12.9. The monoisotopic (exact) mass is 527 g/mol. The fourth-order valence-corrected chi connectivity index (χ4v) is 3.94. The van der Waals surface area contributed by atoms with Crippen LogP contribution in [0.3, 0.4) is 0 Å². The Kier molecular flexibility index (Phi) is 8.98. The predicted octanol–water partition coefficient (Wildman–Crippen LogP) is 4.18. The van der Waals surface area contributed by atoms with Crippen molar-refractivity contribution in [2.45, 2.75) is 6.92 Å². The van der Waals surface area contributed by atoms with Gasteiger partial charge in [0.15, 0.2) is 0 Å². The second-order valence-electron chi connectivity index (χ2n) is 8.12. The maximum Gasteiger partial charge on any atom is 0.274 e. The number of ether oxygens (including phenoxy) is 1. The number of aryl methyl sites for hydroxylation is 2. The van der Waals surface area contributed by atoms with Gasteiger partial charge < -0.3 is 15.0 Å². The van der Waals surface area contributed by atoms with E-state index in [-0.39, 0.29) is 30.7 Å². The van der Waals surface area contributed by atoms with Crippen molar-refractivity contribution >= 4 is 42.1 Å². The molecule has 11 heteroatoms. The summed E-state index contributed by atoms with van der Waals surface area (Å²) in [5.74, 6) is -0.315. The van der Waals surface area contributed by atoms with E-state index in [1.165, 1.54) is 0 Å². The van der Waals surface area contributed by atoms with Gasteiger partial charge in [0.1, 0.15) is 11.4 Å². The van der Waals surface area contributed by atoms with Crippen LogP contribution in [0.1, 0.15) is 16.1 Å². The number of nitrogens with one attached hydrogen (secondary N) is 1. The predicted molar refractivity (Wildman–Crippen MR) is 144 cm³/mol. The second kappa shape index (κ2) is 11.9. The van der Waals surface area contributed by atoms with E-state index in [2.05, 4.69) is 30.3 Å². The van der Waals surface area contributed by atoms with Gasteiger partial charge in [0, 0.05) is 44.3 Å². The van der Waals surface area contributed by atoms with Gasteiger partial charge in [-0.1, -0.05) is 6.07 Å². The SMILES string of the molecule is Cc1ccc(C(=O)Nc2cn(C)nc2-c2ccc(N3CCOCC3)cn2)nc1-c1cccnc1.Cl.Cl. The highest BCUT2D eigenvalue weighted by Crippen LogP contribution is 2.27. The fraction of sp³-hybridized carbons (Fsp3) is 0.240. The molecule has 1 N–H and O–H groups in total. The summed E-state index contributed by atoms with van der Waals surface area (Å²) in [5, 5.41) is 7.48. The van der Waals surface area contributed by atoms with Crippen LogP contribution in [0.25, 0.3) is 22.6 Å². The molecule has 1 fully saturated rings. The molecule has 0 aromatic carbocycles. The van der Waals surface area contributed by atoms with Gasteiger partial charge in [-0.05, 0) is 42.8 Å². The topological polar surface area (TPSA) is 98.1 Å². The summed E-state index contributed by atoms with van der Waals surface area (Å²) >= 11 is 0. The number of halogens is 2. The van der Waals surface area contributed by atoms with Crippen molar-refractivity contribution in [3.05, 3.63) is 72.4 Å². The van der Waals surface area contributed by atoms with Crippen molar-refractivity contribution in [2.24, 2.45) is 7.05 Å². The molecule has 0 aliphatic carbocycles. The lowest BCUT2D eigenvalue weighted by molar-refractivity contribution is 0.102. The highest BCUT2D eigenvalue weighted by molar-refractivity contribution is 6.04. The van der Waals surface area contributed by atoms with Gasteiger partial charge in [0.2, 0.25) is 0 Å². The zero-order chi connectivity index (χ0) is 23.5. The van der Waals surface area contributed by atoms with Crippen molar-refractivity contribution in [1.29, 1.82) is 0 Å². The number of nitrogens with zero attached hydrogens (tertiary/aromatic N) is 6. The van der Waals surface area contributed by atoms with Crippen LogP contribution in [0.5, 0.6) is 0 Å². The molecule has 0 spiro atoms. The number of morpholine rings is 1. The van der Waals surface area contributed by atoms with Crippen molar-refractivity contribution in [1.82, 2.24) is 24.7 Å². The van der Waals surface area contributed by atoms with E-state index >= 15 is 0 Å². The van der Waals surface area contributed by atoms with Crippen LogP contribution in [0.2, 0.25) is 0 Å². The Morgan fingerprint density at radius 2 is 1.83 bits per heavy atom. The Hall–Kier alpha value is -3.53. The van der Waals surface area contributed by atoms with Gasteiger partial charge in [-0.3, -0.25) is 19.4 Å². The van der Waals surface area contributed by atoms with E-state index in [4.69, 9.17) is 4.74 Å². The zero-order valence-corrected chi connectivity index (χ0v) is 21.6. The van der Waals surface area contributed by atoms with Gasteiger partial charge in [0.25, 0.3) is 5.91 Å². The molecule has 1 aliphatic rings. The Labute approximate surface area is 221 Å². The fourth-order valence-electron chi connectivity index (χ4n) is 3.94. The van der Waals surface area contributed by atoms with Gasteiger partial charge in [-0.25, -0.2) is 4.98 Å². The first-order valence-electron chi connectivity index (χ1n) is 11.1. The molecule has 1 saturated heterocycles. The molecule has 0 saturated carbocycles. The Bertz CT molecular complexity index is 1310. The van der Waals surface area contributed by atoms with E-state index < -0.39 is 0 Å². The molecule has 36 heavy (non-hydrogen) atoms. The molecule has 5 heterocycles. The molecular weight excluding hydrogens is 501 g/mol. The molecule has 9 nitrogen and oxygen atoms in total. The van der Waals surface area contributed by atoms with Crippen LogP contribution in [-0.2, 0) is 11.8 Å². The summed E-state index contributed by atoms with van der Waals surface area (Å²) in [6.45, 7) is 5.08. The number of hydrogen-bond donors (Lipinski definition) is 1. The summed E-state index contributed by atoms with van der Waals surface area (Å²) in [7, 11) is 1.81. The Morgan fingerprint density at radius 3 is 2.53 bits per heavy atom. The Balaban J connectivity index is 0.00000180. The minimum absolute atomic E-state index is 0. The lowest BCUT2D eigenvalue weighted by Gasteiger charge is -2.28. The van der Waals surface area contributed by atoms with Crippen LogP contribution in [0.4, 0.5) is 11.4 Å². The first kappa shape index (κ1) is 27.1. The van der Waals surface area contributed by atoms with Crippen molar-refractivity contribution in [3.8, 4) is 22.6 Å². The highest BCUT2D eigenvalue weighted by atomic mass is 35.5. The first-order chi connectivity index (χ1) is 16.6. The largest absolute Gasteiger partial charge is 0.378 e. The van der Waals surface area contributed by atoms with Crippen LogP contribution in [0.15, 0.2) is 61.2 Å². The third kappa shape index (κ3) is 5.81. The van der Waals surface area contributed by atoms with Crippen molar-refractivity contribution < 1.29 is 9.53 Å². The number of anilines is 2. The highest BCUT2D eigenvalue weighted by Gasteiger charge is 2.18. The number of aromatic nitrogens is 5. The summed E-state index contributed by atoms with van der Waals surface area (Å²) in [6.07, 6.45) is 7.05. The number of pyridine rings is 3. The van der Waals surface area contributed by atoms with Crippen LogP contribution in [-0.4, -0.2) is 56.9 Å². The van der Waals surface area contributed by atoms with Crippen LogP contribution < -0.4 is 10.2 Å². The van der Waals surface area contributed by atoms with Crippen molar-refractivity contribution in [2.75, 3.05) is 36.5 Å². The maximum absolute atomic E-state index is 13.1. The number of rotatable bonds is 5. The molecule has 1 amide bonds. The summed E-state index contributed by atoms with van der Waals surface area (Å²) in [5.41, 5.74) is 5.77. The van der Waals surface area contributed by atoms with Gasteiger partial charge in [-0.2, -0.15) is 5.10 Å². The average Bonchev–Trinajstić information content (AvgIpc) is 3.25. The lowest BCUT2D eigenvalue weighted by Crippen LogP contribution is -2.36. The summed E-state index contributed by atoms with van der Waals surface area (Å²) in [6, 6.07) is 11.3. The Morgan fingerprint density at radius 1 is 1.03 bits per heavy atom. The molecule has 188 valence electrons. The third-order valence-electron chi connectivity index (χ3n) is 5.71. The van der Waals surface area contributed by atoms with E-state index in [0.717, 1.165) is 35.6 Å². The zero-order valence-electron chi connectivity index (χ0n) is 19.9. The van der Waals surface area contributed by atoms with E-state index in [0.29, 0.717) is 36.0 Å². The molecule has 0 radical (unpaired) electrons. The molecular formula is C25H27Cl2N7O2. The smallest absolute Gasteiger partial charge is 0.274 e. The molecule has 1 aliphatic heterocycles. The van der Waals surface area contributed by atoms with Crippen LogP contribution >= 0.6 is 24.8 Å². The minimum atomic E-state index is -0.315.